The van der Waals surface area contributed by atoms with Gasteiger partial charge in [0.15, 0.2) is 11.6 Å². The van der Waals surface area contributed by atoms with Crippen LogP contribution in [0.4, 0.5) is 31.9 Å². The van der Waals surface area contributed by atoms with Gasteiger partial charge in [0.1, 0.15) is 34.7 Å². The largest absolute Gasteiger partial charge is 0.370 e. The van der Waals surface area contributed by atoms with Crippen molar-refractivity contribution >= 4 is 35.0 Å². The van der Waals surface area contributed by atoms with Crippen LogP contribution < -0.4 is 31.1 Å². The number of carbonyl (C=O) groups excluding carboxylic acids is 2. The molecule has 18 nitrogen and oxygen atoms in total. The van der Waals surface area contributed by atoms with Crippen molar-refractivity contribution in [3.05, 3.63) is 120 Å². The quantitative estimate of drug-likeness (QED) is 0.163. The molecule has 4 aliphatic rings. The third-order valence-corrected chi connectivity index (χ3v) is 13.5. The highest BCUT2D eigenvalue weighted by Gasteiger charge is 2.31. The molecule has 10 rings (SSSR count). The van der Waals surface area contributed by atoms with E-state index in [1.807, 2.05) is 54.9 Å². The lowest BCUT2D eigenvalue weighted by molar-refractivity contribution is -0.119. The number of anilines is 4. The van der Waals surface area contributed by atoms with E-state index in [0.717, 1.165) is 91.9 Å². The number of hydrogen-bond acceptors (Lipinski definition) is 16. The molecule has 2 amide bonds. The van der Waals surface area contributed by atoms with Crippen molar-refractivity contribution in [2.24, 2.45) is 11.5 Å². The molecule has 0 aliphatic carbocycles. The van der Waals surface area contributed by atoms with E-state index in [1.54, 1.807) is 12.4 Å². The molecule has 4 N–H and O–H groups in total. The second-order valence-corrected chi connectivity index (χ2v) is 18.0. The Bertz CT molecular complexity index is 2590. The van der Waals surface area contributed by atoms with Crippen molar-refractivity contribution in [2.75, 3.05) is 98.1 Å². The zero-order valence-corrected chi connectivity index (χ0v) is 39.5. The Morgan fingerprint density at radius 3 is 1.54 bits per heavy atom. The number of carbonyl (C=O) groups is 2. The monoisotopic (exact) mass is 952 g/mol. The summed E-state index contributed by atoms with van der Waals surface area (Å²) in [4.78, 5) is 71.4. The highest BCUT2D eigenvalue weighted by molar-refractivity contribution is 5.74. The first-order chi connectivity index (χ1) is 33.9. The molecule has 20 heteroatoms. The summed E-state index contributed by atoms with van der Waals surface area (Å²) in [6.07, 6.45) is 9.32. The summed E-state index contributed by atoms with van der Waals surface area (Å²) in [7, 11) is 0. The normalized spacial score (nSPS) is 18.4. The minimum absolute atomic E-state index is 0.0377. The molecule has 70 heavy (non-hydrogen) atoms. The van der Waals surface area contributed by atoms with Crippen LogP contribution in [-0.2, 0) is 22.4 Å². The van der Waals surface area contributed by atoms with Gasteiger partial charge in [0.25, 0.3) is 0 Å². The highest BCUT2D eigenvalue weighted by Crippen LogP contribution is 2.36. The summed E-state index contributed by atoms with van der Waals surface area (Å²) in [5.41, 5.74) is 16.9. The van der Waals surface area contributed by atoms with E-state index < -0.39 is 5.95 Å². The Morgan fingerprint density at radius 1 is 0.571 bits per heavy atom. The fourth-order valence-corrected chi connectivity index (χ4v) is 9.54. The summed E-state index contributed by atoms with van der Waals surface area (Å²) in [6.45, 7) is 12.9. The molecule has 0 radical (unpaired) electrons. The summed E-state index contributed by atoms with van der Waals surface area (Å²) in [5.74, 6) is 1.72. The van der Waals surface area contributed by atoms with E-state index in [1.165, 1.54) is 18.2 Å². The lowest BCUT2D eigenvalue weighted by atomic mass is 9.99. The van der Waals surface area contributed by atoms with Crippen LogP contribution in [0.1, 0.15) is 61.3 Å². The van der Waals surface area contributed by atoms with E-state index in [0.29, 0.717) is 81.0 Å². The molecule has 2 unspecified atom stereocenters. The van der Waals surface area contributed by atoms with Gasteiger partial charge in [0.05, 0.1) is 23.5 Å². The lowest BCUT2D eigenvalue weighted by Crippen LogP contribution is -2.47. The number of fused-ring (bicyclic) bond motifs is 2. The number of primary amides is 2. The fourth-order valence-electron chi connectivity index (χ4n) is 9.54. The first-order valence-corrected chi connectivity index (χ1v) is 23.9. The molecule has 364 valence electrons. The fraction of sp³-hybridized carbons (Fsp3) is 0.400. The molecular formula is C50H58F2N16O2. The minimum atomic E-state index is -0.492. The first kappa shape index (κ1) is 47.7. The molecule has 2 atom stereocenters. The summed E-state index contributed by atoms with van der Waals surface area (Å²) in [6, 6.07) is 17.7. The molecule has 10 heterocycles. The molecule has 6 aromatic rings. The van der Waals surface area contributed by atoms with Gasteiger partial charge in [0, 0.05) is 170 Å². The first-order valence-electron chi connectivity index (χ1n) is 23.9. The van der Waals surface area contributed by atoms with Gasteiger partial charge >= 0.3 is 0 Å². The van der Waals surface area contributed by atoms with E-state index in [9.17, 15) is 18.4 Å². The van der Waals surface area contributed by atoms with Crippen molar-refractivity contribution in [3.63, 3.8) is 0 Å². The van der Waals surface area contributed by atoms with Gasteiger partial charge in [-0.1, -0.05) is 12.1 Å². The second kappa shape index (κ2) is 21.5. The number of rotatable bonds is 12. The number of aromatic nitrogens is 8. The molecule has 0 bridgehead atoms. The summed E-state index contributed by atoms with van der Waals surface area (Å²) < 4.78 is 29.3. The minimum Gasteiger partial charge on any atom is -0.370 e. The van der Waals surface area contributed by atoms with Gasteiger partial charge in [-0.05, 0) is 38.1 Å². The van der Waals surface area contributed by atoms with E-state index in [4.69, 9.17) is 26.4 Å². The average molecular weight is 953 g/mol. The highest BCUT2D eigenvalue weighted by atomic mass is 19.1. The Morgan fingerprint density at radius 2 is 1.06 bits per heavy atom. The molecule has 4 aliphatic heterocycles. The predicted octanol–water partition coefficient (Wildman–Crippen LogP) is 4.39. The number of hydrogen-bond donors (Lipinski definition) is 2. The van der Waals surface area contributed by atoms with Crippen LogP contribution in [0.3, 0.4) is 0 Å². The van der Waals surface area contributed by atoms with E-state index in [2.05, 4.69) is 68.2 Å². The molecular weight excluding hydrogens is 895 g/mol. The summed E-state index contributed by atoms with van der Waals surface area (Å²) >= 11 is 0. The smallest absolute Gasteiger partial charge is 0.218 e. The molecule has 0 aromatic carbocycles. The van der Waals surface area contributed by atoms with Crippen molar-refractivity contribution in [3.8, 4) is 23.0 Å². The van der Waals surface area contributed by atoms with Crippen LogP contribution in [0.2, 0.25) is 0 Å². The van der Waals surface area contributed by atoms with Crippen molar-refractivity contribution in [1.82, 2.24) is 49.7 Å². The number of piperazine rings is 2. The molecule has 2 fully saturated rings. The average Bonchev–Trinajstić information content (AvgIpc) is 3.38. The predicted molar refractivity (Wildman–Crippen MR) is 263 cm³/mol. The van der Waals surface area contributed by atoms with Crippen LogP contribution in [0, 0.1) is 11.8 Å². The Labute approximate surface area is 405 Å². The number of nitrogens with zero attached hydrogens (tertiary/aromatic N) is 14. The van der Waals surface area contributed by atoms with Crippen LogP contribution in [0.25, 0.3) is 23.0 Å². The maximum absolute atomic E-state index is 14.7. The van der Waals surface area contributed by atoms with E-state index >= 15 is 0 Å². The van der Waals surface area contributed by atoms with Crippen LogP contribution in [-0.4, -0.2) is 140 Å². The van der Waals surface area contributed by atoms with Crippen molar-refractivity contribution in [2.45, 2.75) is 51.6 Å². The lowest BCUT2D eigenvalue weighted by Gasteiger charge is -2.38. The second-order valence-electron chi connectivity index (χ2n) is 18.0. The van der Waals surface area contributed by atoms with Gasteiger partial charge in [-0.15, -0.1) is 0 Å². The van der Waals surface area contributed by atoms with Crippen LogP contribution in [0.15, 0.2) is 85.5 Å². The number of amides is 2. The summed E-state index contributed by atoms with van der Waals surface area (Å²) in [5, 5.41) is 0. The van der Waals surface area contributed by atoms with Gasteiger partial charge in [-0.2, -0.15) is 4.39 Å². The molecule has 2 saturated heterocycles. The number of nitrogens with two attached hydrogens (primary N) is 2. The molecule has 6 aromatic heterocycles. The Kier molecular flexibility index (Phi) is 14.7. The molecule has 0 saturated carbocycles. The Hall–Kier alpha value is -7.32. The van der Waals surface area contributed by atoms with Gasteiger partial charge in [-0.25, -0.2) is 34.3 Å². The van der Waals surface area contributed by atoms with Crippen molar-refractivity contribution < 1.29 is 18.4 Å². The van der Waals surface area contributed by atoms with Crippen LogP contribution in [0.5, 0.6) is 0 Å². The standard InChI is InChI=1S/2C25H29FN8O/c1-17-19-16-29-25(21-4-2-3-7-28-21)30-20(19)5-9-34(17)24-15-18(14-22(26)31-24)33-12-10-32(11-13-33)8-6-23(27)35;1-17-19-16-29-25(21-4-2-3-7-28-21)30-20(19)5-9-34(17)24-15-18(26)14-23(31-24)33-12-10-32(11-13-33)8-6-22(27)35/h2*2-4,7,14-17H,5-6,8-13H2,1H3,(H2,27,35). The van der Waals surface area contributed by atoms with Gasteiger partial charge in [-0.3, -0.25) is 29.4 Å². The third-order valence-electron chi connectivity index (χ3n) is 13.5. The van der Waals surface area contributed by atoms with E-state index in [-0.39, 0.29) is 29.7 Å². The van der Waals surface area contributed by atoms with Crippen LogP contribution >= 0.6 is 0 Å². The number of halogens is 2. The van der Waals surface area contributed by atoms with Gasteiger partial charge < -0.3 is 31.1 Å². The zero-order valence-electron chi connectivity index (χ0n) is 39.5. The SMILES string of the molecule is CC1c2cnc(-c3ccccn3)nc2CCN1c1cc(F)cc(N2CCN(CCC(N)=O)CC2)n1.CC1c2cnc(-c3ccccn3)nc2CCN1c1cc(N2CCN(CCC(N)=O)CC2)cc(F)n1. The zero-order chi connectivity index (χ0) is 48.7. The topological polar surface area (TPSA) is 209 Å². The van der Waals surface area contributed by atoms with Crippen molar-refractivity contribution in [1.29, 1.82) is 0 Å². The Balaban J connectivity index is 0.000000174. The third kappa shape index (κ3) is 11.2. The maximum atomic E-state index is 14.7. The van der Waals surface area contributed by atoms with Gasteiger partial charge in [0.2, 0.25) is 17.8 Å². The number of pyridine rings is 4. The molecule has 0 spiro atoms. The maximum Gasteiger partial charge on any atom is 0.218 e.